The van der Waals surface area contributed by atoms with Gasteiger partial charge in [0, 0.05) is 23.9 Å². The van der Waals surface area contributed by atoms with Gasteiger partial charge >= 0.3 is 0 Å². The maximum atomic E-state index is 12.1. The lowest BCUT2D eigenvalue weighted by atomic mass is 9.94. The number of benzene rings is 1. The molecule has 0 radical (unpaired) electrons. The number of carbonyl (C=O) groups excluding carboxylic acids is 1. The van der Waals surface area contributed by atoms with Crippen LogP contribution in [0.1, 0.15) is 37.6 Å². The number of ether oxygens (including phenoxy) is 1. The molecule has 20 heavy (non-hydrogen) atoms. The van der Waals surface area contributed by atoms with Gasteiger partial charge in [0.25, 0.3) is 5.91 Å². The number of methoxy groups -OCH3 is 1. The number of hydrogen-bond donors (Lipinski definition) is 3. The van der Waals surface area contributed by atoms with Gasteiger partial charge in [-0.1, -0.05) is 13.8 Å². The largest absolute Gasteiger partial charge is 0.497 e. The van der Waals surface area contributed by atoms with Gasteiger partial charge in [0.2, 0.25) is 0 Å². The minimum atomic E-state index is -0.922. The van der Waals surface area contributed by atoms with E-state index in [-0.39, 0.29) is 12.5 Å². The monoisotopic (exact) mass is 280 g/mol. The molecule has 0 saturated heterocycles. The van der Waals surface area contributed by atoms with E-state index in [1.807, 2.05) is 13.8 Å². The van der Waals surface area contributed by atoms with Crippen molar-refractivity contribution >= 4 is 11.6 Å². The zero-order chi connectivity index (χ0) is 15.3. The number of nitrogens with two attached hydrogens (primary N) is 1. The quantitative estimate of drug-likeness (QED) is 0.694. The second-order valence-electron chi connectivity index (χ2n) is 5.77. The van der Waals surface area contributed by atoms with Crippen LogP contribution in [0.25, 0.3) is 0 Å². The minimum absolute atomic E-state index is 0.196. The summed E-state index contributed by atoms with van der Waals surface area (Å²) >= 11 is 0. The van der Waals surface area contributed by atoms with E-state index in [0.29, 0.717) is 29.3 Å². The first-order valence-corrected chi connectivity index (χ1v) is 6.68. The lowest BCUT2D eigenvalue weighted by Gasteiger charge is -2.25. The van der Waals surface area contributed by atoms with Crippen LogP contribution in [0.4, 0.5) is 5.69 Å². The molecule has 0 aliphatic rings. The van der Waals surface area contributed by atoms with Crippen LogP contribution in [0.5, 0.6) is 5.75 Å². The molecule has 1 rings (SSSR count). The van der Waals surface area contributed by atoms with Crippen molar-refractivity contribution in [3.8, 4) is 5.75 Å². The molecule has 5 nitrogen and oxygen atoms in total. The van der Waals surface area contributed by atoms with Gasteiger partial charge in [0.1, 0.15) is 5.75 Å². The highest BCUT2D eigenvalue weighted by Gasteiger charge is 2.23. The molecule has 1 amide bonds. The molecular weight excluding hydrogens is 256 g/mol. The number of nitrogen functional groups attached to an aromatic ring is 1. The van der Waals surface area contributed by atoms with Crippen molar-refractivity contribution in [2.75, 3.05) is 19.4 Å². The number of hydrogen-bond acceptors (Lipinski definition) is 4. The van der Waals surface area contributed by atoms with E-state index in [2.05, 4.69) is 5.32 Å². The van der Waals surface area contributed by atoms with Crippen molar-refractivity contribution in [1.82, 2.24) is 5.32 Å². The molecule has 1 aromatic rings. The second kappa shape index (κ2) is 6.61. The van der Waals surface area contributed by atoms with E-state index in [1.165, 1.54) is 7.11 Å². The average Bonchev–Trinajstić information content (AvgIpc) is 2.33. The zero-order valence-corrected chi connectivity index (χ0v) is 12.6. The van der Waals surface area contributed by atoms with Crippen molar-refractivity contribution in [2.24, 2.45) is 5.92 Å². The van der Waals surface area contributed by atoms with Crippen LogP contribution < -0.4 is 15.8 Å². The van der Waals surface area contributed by atoms with Crippen LogP contribution in [0.2, 0.25) is 0 Å². The molecule has 0 aliphatic carbocycles. The predicted octanol–water partition coefficient (Wildman–Crippen LogP) is 1.80. The fraction of sp³-hybridized carbons (Fsp3) is 0.533. The van der Waals surface area contributed by atoms with Crippen LogP contribution in [-0.2, 0) is 0 Å². The third-order valence-electron chi connectivity index (χ3n) is 2.90. The number of anilines is 1. The number of nitrogens with one attached hydrogen (secondary N) is 1. The van der Waals surface area contributed by atoms with Crippen molar-refractivity contribution in [1.29, 1.82) is 0 Å². The smallest absolute Gasteiger partial charge is 0.251 e. The van der Waals surface area contributed by atoms with E-state index in [0.717, 1.165) is 0 Å². The van der Waals surface area contributed by atoms with E-state index >= 15 is 0 Å². The Hall–Kier alpha value is -1.75. The Labute approximate surface area is 120 Å². The summed E-state index contributed by atoms with van der Waals surface area (Å²) < 4.78 is 5.07. The fourth-order valence-corrected chi connectivity index (χ4v) is 2.20. The third-order valence-corrected chi connectivity index (χ3v) is 2.90. The summed E-state index contributed by atoms with van der Waals surface area (Å²) in [7, 11) is 1.52. The topological polar surface area (TPSA) is 84.6 Å². The molecule has 4 N–H and O–H groups in total. The lowest BCUT2D eigenvalue weighted by molar-refractivity contribution is 0.0368. The van der Waals surface area contributed by atoms with Crippen LogP contribution >= 0.6 is 0 Å². The molecule has 0 aromatic heterocycles. The Morgan fingerprint density at radius 3 is 2.65 bits per heavy atom. The molecule has 1 atom stereocenters. The van der Waals surface area contributed by atoms with Crippen molar-refractivity contribution < 1.29 is 14.6 Å². The van der Waals surface area contributed by atoms with E-state index < -0.39 is 5.60 Å². The summed E-state index contributed by atoms with van der Waals surface area (Å²) in [6.07, 6.45) is 0.619. The molecule has 0 aliphatic heterocycles. The van der Waals surface area contributed by atoms with Gasteiger partial charge in [0.05, 0.1) is 12.7 Å². The minimum Gasteiger partial charge on any atom is -0.497 e. The summed E-state index contributed by atoms with van der Waals surface area (Å²) in [6, 6.07) is 4.84. The van der Waals surface area contributed by atoms with Gasteiger partial charge in [-0.25, -0.2) is 0 Å². The zero-order valence-electron chi connectivity index (χ0n) is 12.6. The molecule has 0 saturated carbocycles. The maximum absolute atomic E-state index is 12.1. The highest BCUT2D eigenvalue weighted by molar-refractivity contribution is 5.95. The summed E-state index contributed by atoms with van der Waals surface area (Å²) in [5, 5.41) is 12.9. The average molecular weight is 280 g/mol. The number of aliphatic hydroxyl groups is 1. The van der Waals surface area contributed by atoms with E-state index in [4.69, 9.17) is 10.5 Å². The number of carbonyl (C=O) groups is 1. The Kier molecular flexibility index (Phi) is 5.39. The molecule has 0 fully saturated rings. The van der Waals surface area contributed by atoms with Crippen LogP contribution in [-0.4, -0.2) is 30.3 Å². The Bertz CT molecular complexity index is 470. The van der Waals surface area contributed by atoms with Crippen molar-refractivity contribution in [2.45, 2.75) is 32.8 Å². The number of amides is 1. The molecule has 112 valence electrons. The first-order chi connectivity index (χ1) is 9.23. The highest BCUT2D eigenvalue weighted by atomic mass is 16.5. The van der Waals surface area contributed by atoms with Gasteiger partial charge < -0.3 is 20.9 Å². The molecule has 0 spiro atoms. The van der Waals surface area contributed by atoms with E-state index in [9.17, 15) is 9.90 Å². The summed E-state index contributed by atoms with van der Waals surface area (Å²) in [5.74, 6) is 0.609. The van der Waals surface area contributed by atoms with Crippen molar-refractivity contribution in [3.05, 3.63) is 23.8 Å². The summed E-state index contributed by atoms with van der Waals surface area (Å²) in [4.78, 5) is 12.1. The van der Waals surface area contributed by atoms with Gasteiger partial charge in [0.15, 0.2) is 0 Å². The SMILES string of the molecule is COc1cc(N)cc(C(=O)NCC(C)(O)CC(C)C)c1. The first kappa shape index (κ1) is 16.3. The molecule has 0 heterocycles. The standard InChI is InChI=1S/C15H24N2O3/c1-10(2)8-15(3,19)9-17-14(18)11-5-12(16)7-13(6-11)20-4/h5-7,10,19H,8-9,16H2,1-4H3,(H,17,18). The highest BCUT2D eigenvalue weighted by Crippen LogP contribution is 2.19. The Balaban J connectivity index is 2.70. The molecule has 1 aromatic carbocycles. The predicted molar refractivity (Wildman–Crippen MR) is 79.8 cm³/mol. The van der Waals surface area contributed by atoms with Crippen LogP contribution in [0.15, 0.2) is 18.2 Å². The van der Waals surface area contributed by atoms with Gasteiger partial charge in [-0.05, 0) is 31.4 Å². The fourth-order valence-electron chi connectivity index (χ4n) is 2.20. The normalized spacial score (nSPS) is 13.9. The van der Waals surface area contributed by atoms with Gasteiger partial charge in [-0.3, -0.25) is 4.79 Å². The Morgan fingerprint density at radius 2 is 2.10 bits per heavy atom. The first-order valence-electron chi connectivity index (χ1n) is 6.68. The van der Waals surface area contributed by atoms with Gasteiger partial charge in [-0.2, -0.15) is 0 Å². The lowest BCUT2D eigenvalue weighted by Crippen LogP contribution is -2.41. The van der Waals surface area contributed by atoms with Crippen LogP contribution in [0, 0.1) is 5.92 Å². The third kappa shape index (κ3) is 5.09. The molecule has 0 bridgehead atoms. The van der Waals surface area contributed by atoms with Gasteiger partial charge in [-0.15, -0.1) is 0 Å². The molecular formula is C15H24N2O3. The maximum Gasteiger partial charge on any atom is 0.251 e. The summed E-state index contributed by atoms with van der Waals surface area (Å²) in [5.41, 5.74) is 5.67. The summed E-state index contributed by atoms with van der Waals surface area (Å²) in [6.45, 7) is 5.96. The number of rotatable bonds is 6. The van der Waals surface area contributed by atoms with E-state index in [1.54, 1.807) is 25.1 Å². The molecule has 1 unspecified atom stereocenters. The second-order valence-corrected chi connectivity index (χ2v) is 5.77. The Morgan fingerprint density at radius 1 is 1.45 bits per heavy atom. The van der Waals surface area contributed by atoms with Crippen LogP contribution in [0.3, 0.4) is 0 Å². The van der Waals surface area contributed by atoms with Crippen molar-refractivity contribution in [3.63, 3.8) is 0 Å². The molecule has 5 heteroatoms.